The van der Waals surface area contributed by atoms with Gasteiger partial charge in [-0.2, -0.15) is 5.10 Å². The van der Waals surface area contributed by atoms with E-state index in [-0.39, 0.29) is 24.0 Å². The van der Waals surface area contributed by atoms with E-state index in [9.17, 15) is 9.59 Å². The molecule has 4 heterocycles. The molecule has 0 saturated carbocycles. The molecule has 1 aromatic carbocycles. The predicted molar refractivity (Wildman–Crippen MR) is 146 cm³/mol. The molecule has 10 heteroatoms. The minimum absolute atomic E-state index is 0.00212. The predicted octanol–water partition coefficient (Wildman–Crippen LogP) is 4.12. The molecule has 0 aliphatic carbocycles. The van der Waals surface area contributed by atoms with E-state index in [0.29, 0.717) is 31.1 Å². The minimum atomic E-state index is -0.260. The molecule has 3 aromatic heterocycles. The van der Waals surface area contributed by atoms with Crippen molar-refractivity contribution in [2.24, 2.45) is 0 Å². The number of carbonyl (C=O) groups is 2. The first-order valence-corrected chi connectivity index (χ1v) is 12.9. The van der Waals surface area contributed by atoms with E-state index in [1.807, 2.05) is 35.7 Å². The lowest BCUT2D eigenvalue weighted by Gasteiger charge is -2.26. The fourth-order valence-electron chi connectivity index (χ4n) is 5.11. The highest BCUT2D eigenvalue weighted by atomic mass is 16.5. The maximum Gasteiger partial charge on any atom is 0.258 e. The molecule has 1 aliphatic rings. The second-order valence-corrected chi connectivity index (χ2v) is 9.86. The number of nitrogens with zero attached hydrogens (tertiary/aromatic N) is 6. The summed E-state index contributed by atoms with van der Waals surface area (Å²) in [5, 5.41) is 8.57. The summed E-state index contributed by atoms with van der Waals surface area (Å²) in [4.78, 5) is 36.7. The summed E-state index contributed by atoms with van der Waals surface area (Å²) in [5.41, 5.74) is 3.86. The Morgan fingerprint density at radius 2 is 2.11 bits per heavy atom. The van der Waals surface area contributed by atoms with Crippen LogP contribution in [0.4, 0.5) is 5.95 Å². The van der Waals surface area contributed by atoms with Crippen molar-refractivity contribution in [2.75, 3.05) is 25.5 Å². The molecule has 2 atom stereocenters. The summed E-state index contributed by atoms with van der Waals surface area (Å²) >= 11 is 0. The number of imidazole rings is 1. The van der Waals surface area contributed by atoms with Crippen molar-refractivity contribution in [2.45, 2.75) is 51.8 Å². The second-order valence-electron chi connectivity index (χ2n) is 9.86. The fourth-order valence-corrected chi connectivity index (χ4v) is 5.11. The third-order valence-electron chi connectivity index (χ3n) is 7.17. The van der Waals surface area contributed by atoms with Gasteiger partial charge in [-0.05, 0) is 63.5 Å². The quantitative estimate of drug-likeness (QED) is 0.371. The first-order chi connectivity index (χ1) is 18.4. The van der Waals surface area contributed by atoms with E-state index < -0.39 is 0 Å². The van der Waals surface area contributed by atoms with Crippen LogP contribution in [-0.4, -0.2) is 67.3 Å². The number of hydrogen-bond donors (Lipinski definition) is 1. The molecule has 1 fully saturated rings. The second kappa shape index (κ2) is 10.7. The maximum atomic E-state index is 13.3. The number of carbonyl (C=O) groups excluding carboxylic acids is 2. The van der Waals surface area contributed by atoms with Crippen LogP contribution in [0.25, 0.3) is 21.9 Å². The topological polar surface area (TPSA) is 107 Å². The van der Waals surface area contributed by atoms with Gasteiger partial charge in [0.15, 0.2) is 0 Å². The summed E-state index contributed by atoms with van der Waals surface area (Å²) in [7, 11) is 1.69. The molecule has 0 unspecified atom stereocenters. The van der Waals surface area contributed by atoms with Gasteiger partial charge in [0.05, 0.1) is 41.4 Å². The smallest absolute Gasteiger partial charge is 0.258 e. The molecule has 1 N–H and O–H groups in total. The Morgan fingerprint density at radius 3 is 2.87 bits per heavy atom. The molecule has 2 amide bonds. The van der Waals surface area contributed by atoms with Gasteiger partial charge < -0.3 is 14.2 Å². The molecule has 0 spiro atoms. The number of anilines is 1. The van der Waals surface area contributed by atoms with Crippen molar-refractivity contribution in [3.05, 3.63) is 60.6 Å². The van der Waals surface area contributed by atoms with Gasteiger partial charge in [-0.3, -0.25) is 24.6 Å². The van der Waals surface area contributed by atoms with Gasteiger partial charge in [0.25, 0.3) is 5.91 Å². The minimum Gasteiger partial charge on any atom is -0.380 e. The van der Waals surface area contributed by atoms with Crippen LogP contribution >= 0.6 is 0 Å². The van der Waals surface area contributed by atoms with Crippen LogP contribution in [0.1, 0.15) is 48.3 Å². The summed E-state index contributed by atoms with van der Waals surface area (Å²) in [5.74, 6) is 0.104. The monoisotopic (exact) mass is 515 g/mol. The Morgan fingerprint density at radius 1 is 1.26 bits per heavy atom. The number of hydrogen-bond acceptors (Lipinski definition) is 6. The standard InChI is InChI=1S/C28H33N7O3/c1-5-26(36)33-11-7-6-8-22(17-33)35-25-14-24-21(15-30-34(24)16-19(3)38-4)13-23(25)31-28(35)32-27(37)20-9-10-29-18(2)12-20/h5,9-10,12-15,19,22H,1,6-8,11,16-17H2,2-4H3,(H,31,32,37)/t19-,22+/m0/s1. The number of fused-ring (bicyclic) bond motifs is 2. The summed E-state index contributed by atoms with van der Waals surface area (Å²) in [6, 6.07) is 7.43. The molecule has 4 aromatic rings. The third-order valence-corrected chi connectivity index (χ3v) is 7.17. The molecule has 1 saturated heterocycles. The van der Waals surface area contributed by atoms with Crippen LogP contribution in [-0.2, 0) is 16.1 Å². The Hall–Kier alpha value is -4.05. The number of methoxy groups -OCH3 is 1. The summed E-state index contributed by atoms with van der Waals surface area (Å²) in [6.45, 7) is 9.32. The molecular formula is C28H33N7O3. The van der Waals surface area contributed by atoms with Crippen molar-refractivity contribution < 1.29 is 14.3 Å². The van der Waals surface area contributed by atoms with Crippen molar-refractivity contribution in [3.63, 3.8) is 0 Å². The van der Waals surface area contributed by atoms with Gasteiger partial charge in [-0.25, -0.2) is 4.98 Å². The highest BCUT2D eigenvalue weighted by molar-refractivity contribution is 6.04. The number of benzene rings is 1. The normalized spacial score (nSPS) is 16.9. The number of rotatable bonds is 7. The average molecular weight is 516 g/mol. The SMILES string of the molecule is C=CC(=O)N1CCCC[C@@H](n2c(NC(=O)c3ccnc(C)c3)nc3cc4cnn(C[C@H](C)OC)c4cc32)C1. The van der Waals surface area contributed by atoms with Gasteiger partial charge in [-0.15, -0.1) is 0 Å². The number of ether oxygens (including phenoxy) is 1. The van der Waals surface area contributed by atoms with E-state index in [1.54, 1.807) is 25.4 Å². The lowest BCUT2D eigenvalue weighted by molar-refractivity contribution is -0.126. The molecule has 5 rings (SSSR count). The van der Waals surface area contributed by atoms with E-state index in [4.69, 9.17) is 9.72 Å². The fraction of sp³-hybridized carbons (Fsp3) is 0.393. The molecule has 38 heavy (non-hydrogen) atoms. The highest BCUT2D eigenvalue weighted by Gasteiger charge is 2.27. The lowest BCUT2D eigenvalue weighted by atomic mass is 10.1. The van der Waals surface area contributed by atoms with Crippen molar-refractivity contribution >= 4 is 39.7 Å². The lowest BCUT2D eigenvalue weighted by Crippen LogP contribution is -2.34. The van der Waals surface area contributed by atoms with E-state index in [2.05, 4.69) is 32.6 Å². The molecule has 0 bridgehead atoms. The van der Waals surface area contributed by atoms with Crippen molar-refractivity contribution in [1.29, 1.82) is 0 Å². The van der Waals surface area contributed by atoms with Crippen LogP contribution in [0.2, 0.25) is 0 Å². The number of nitrogens with one attached hydrogen (secondary N) is 1. The van der Waals surface area contributed by atoms with E-state index in [1.165, 1.54) is 6.08 Å². The van der Waals surface area contributed by atoms with Crippen molar-refractivity contribution in [1.82, 2.24) is 29.2 Å². The number of likely N-dealkylation sites (tertiary alicyclic amines) is 1. The molecule has 10 nitrogen and oxygen atoms in total. The van der Waals surface area contributed by atoms with E-state index >= 15 is 0 Å². The molecule has 1 aliphatic heterocycles. The van der Waals surface area contributed by atoms with Crippen LogP contribution in [0.5, 0.6) is 0 Å². The Balaban J connectivity index is 1.62. The van der Waals surface area contributed by atoms with Gasteiger partial charge in [0.1, 0.15) is 0 Å². The molecule has 0 radical (unpaired) electrons. The van der Waals surface area contributed by atoms with Gasteiger partial charge in [0.2, 0.25) is 11.9 Å². The van der Waals surface area contributed by atoms with Crippen LogP contribution in [0, 0.1) is 6.92 Å². The molecular weight excluding hydrogens is 482 g/mol. The summed E-state index contributed by atoms with van der Waals surface area (Å²) in [6.07, 6.45) is 7.52. The Kier molecular flexibility index (Phi) is 7.24. The maximum absolute atomic E-state index is 13.3. The molecule has 198 valence electrons. The first kappa shape index (κ1) is 25.6. The largest absolute Gasteiger partial charge is 0.380 e. The van der Waals surface area contributed by atoms with E-state index in [0.717, 1.165) is 46.9 Å². The number of aryl methyl sites for hydroxylation is 1. The van der Waals surface area contributed by atoms with Crippen LogP contribution in [0.3, 0.4) is 0 Å². The van der Waals surface area contributed by atoms with Gasteiger partial charge in [0, 0.05) is 43.0 Å². The van der Waals surface area contributed by atoms with Crippen LogP contribution in [0.15, 0.2) is 49.3 Å². The first-order valence-electron chi connectivity index (χ1n) is 12.9. The Bertz CT molecular complexity index is 1510. The third kappa shape index (κ3) is 5.04. The summed E-state index contributed by atoms with van der Waals surface area (Å²) < 4.78 is 9.47. The number of aromatic nitrogens is 5. The number of amides is 2. The van der Waals surface area contributed by atoms with Crippen LogP contribution < -0.4 is 5.32 Å². The zero-order valence-electron chi connectivity index (χ0n) is 22.1. The zero-order valence-corrected chi connectivity index (χ0v) is 22.1. The average Bonchev–Trinajstić information content (AvgIpc) is 3.36. The van der Waals surface area contributed by atoms with Crippen molar-refractivity contribution in [3.8, 4) is 0 Å². The van der Waals surface area contributed by atoms with Gasteiger partial charge >= 0.3 is 0 Å². The van der Waals surface area contributed by atoms with Gasteiger partial charge in [-0.1, -0.05) is 6.58 Å². The number of pyridine rings is 1. The Labute approximate surface area is 221 Å². The zero-order chi connectivity index (χ0) is 26.8. The highest BCUT2D eigenvalue weighted by Crippen LogP contribution is 2.33.